The molecule has 4 nitrogen and oxygen atoms in total. The fraction of sp³-hybridized carbons (Fsp3) is 0.150. The fourth-order valence-corrected chi connectivity index (χ4v) is 2.19. The van der Waals surface area contributed by atoms with Gasteiger partial charge in [-0.05, 0) is 45.2 Å². The van der Waals surface area contributed by atoms with E-state index in [9.17, 15) is 4.79 Å². The molecule has 0 aliphatic heterocycles. The summed E-state index contributed by atoms with van der Waals surface area (Å²) in [5.74, 6) is -0.307. The van der Waals surface area contributed by atoms with E-state index in [0.29, 0.717) is 11.4 Å². The summed E-state index contributed by atoms with van der Waals surface area (Å²) in [4.78, 5) is 21.0. The monoisotopic (exact) mass is 319 g/mol. The number of allylic oxidation sites excluding steroid dienone is 1. The van der Waals surface area contributed by atoms with Crippen molar-refractivity contribution >= 4 is 24.0 Å². The number of nitrogens with one attached hydrogen (secondary N) is 1. The fourth-order valence-electron chi connectivity index (χ4n) is 2.19. The van der Waals surface area contributed by atoms with Crippen molar-refractivity contribution in [2.45, 2.75) is 20.8 Å². The Bertz CT molecular complexity index is 805. The molecule has 2 aromatic rings. The highest BCUT2D eigenvalue weighted by Gasteiger charge is 2.13. The average molecular weight is 319 g/mol. The third-order valence-electron chi connectivity index (χ3n) is 3.54. The molecule has 2 rings (SSSR count). The number of aliphatic imine (C=N–C) groups is 2. The van der Waals surface area contributed by atoms with Gasteiger partial charge in [0.2, 0.25) is 0 Å². The van der Waals surface area contributed by atoms with Gasteiger partial charge in [-0.3, -0.25) is 9.79 Å². The van der Waals surface area contributed by atoms with Gasteiger partial charge >= 0.3 is 0 Å². The molecule has 2 aromatic carbocycles. The number of anilines is 1. The Morgan fingerprint density at radius 1 is 1.04 bits per heavy atom. The minimum Gasteiger partial charge on any atom is -0.321 e. The van der Waals surface area contributed by atoms with Gasteiger partial charge in [0.1, 0.15) is 5.70 Å². The Morgan fingerprint density at radius 3 is 2.38 bits per heavy atom. The van der Waals surface area contributed by atoms with Crippen LogP contribution in [0.15, 0.2) is 76.0 Å². The summed E-state index contributed by atoms with van der Waals surface area (Å²) in [6, 6.07) is 17.2. The number of hydrogen-bond donors (Lipinski definition) is 1. The Hall–Kier alpha value is -3.01. The topological polar surface area (TPSA) is 53.8 Å². The summed E-state index contributed by atoms with van der Waals surface area (Å²) in [7, 11) is 0. The Balaban J connectivity index is 2.34. The lowest BCUT2D eigenvalue weighted by Crippen LogP contribution is -2.15. The molecule has 0 spiro atoms. The van der Waals surface area contributed by atoms with Gasteiger partial charge in [-0.25, -0.2) is 4.99 Å². The van der Waals surface area contributed by atoms with E-state index in [1.54, 1.807) is 6.92 Å². The molecule has 24 heavy (non-hydrogen) atoms. The molecule has 0 saturated heterocycles. The van der Waals surface area contributed by atoms with Gasteiger partial charge in [0.15, 0.2) is 0 Å². The van der Waals surface area contributed by atoms with E-state index in [1.807, 2.05) is 68.4 Å². The number of rotatable bonds is 5. The molecule has 0 aliphatic rings. The first kappa shape index (κ1) is 17.3. The number of carbonyl (C=O) groups excluding carboxylic acids is 1. The Labute approximate surface area is 142 Å². The maximum atomic E-state index is 12.6. The van der Waals surface area contributed by atoms with Crippen molar-refractivity contribution in [3.05, 3.63) is 77.1 Å². The number of nitrogens with zero attached hydrogens (tertiary/aromatic N) is 2. The summed E-state index contributed by atoms with van der Waals surface area (Å²) >= 11 is 0. The molecule has 0 radical (unpaired) electrons. The first-order chi connectivity index (χ1) is 11.5. The molecule has 0 heterocycles. The van der Waals surface area contributed by atoms with E-state index in [4.69, 9.17) is 0 Å². The van der Waals surface area contributed by atoms with Crippen molar-refractivity contribution < 1.29 is 4.79 Å². The van der Waals surface area contributed by atoms with Gasteiger partial charge in [-0.15, -0.1) is 0 Å². The van der Waals surface area contributed by atoms with E-state index in [-0.39, 0.29) is 11.6 Å². The van der Waals surface area contributed by atoms with E-state index in [2.05, 4.69) is 22.0 Å². The highest BCUT2D eigenvalue weighted by molar-refractivity contribution is 6.08. The Kier molecular flexibility index (Phi) is 5.79. The molecule has 0 saturated carbocycles. The summed E-state index contributed by atoms with van der Waals surface area (Å²) in [5.41, 5.74) is 4.31. The molecular weight excluding hydrogens is 298 g/mol. The first-order valence-corrected chi connectivity index (χ1v) is 7.67. The molecular formula is C20H21N3O. The van der Waals surface area contributed by atoms with Gasteiger partial charge in [-0.2, -0.15) is 0 Å². The normalized spacial score (nSPS) is 12.4. The third kappa shape index (κ3) is 4.49. The molecule has 122 valence electrons. The number of amides is 1. The standard InChI is InChI=1S/C20H21N3O/c1-14-9-8-10-17(13-14)15(2)22-19(16(3)21-4)20(24)23-18-11-6-5-7-12-18/h5-13H,4H2,1-3H3,(H,23,24)/b19-16-,22-15?. The summed E-state index contributed by atoms with van der Waals surface area (Å²) in [6.45, 7) is 9.13. The molecule has 1 amide bonds. The van der Waals surface area contributed by atoms with Crippen LogP contribution in [0.5, 0.6) is 0 Å². The number of benzene rings is 2. The van der Waals surface area contributed by atoms with Crippen LogP contribution in [-0.2, 0) is 4.79 Å². The molecule has 0 bridgehead atoms. The molecule has 0 aliphatic carbocycles. The second kappa shape index (κ2) is 8.02. The average Bonchev–Trinajstić information content (AvgIpc) is 2.59. The third-order valence-corrected chi connectivity index (χ3v) is 3.54. The highest BCUT2D eigenvalue weighted by Crippen LogP contribution is 2.15. The summed E-state index contributed by atoms with van der Waals surface area (Å²) in [5, 5.41) is 2.83. The van der Waals surface area contributed by atoms with Crippen LogP contribution >= 0.6 is 0 Å². The van der Waals surface area contributed by atoms with Crippen molar-refractivity contribution in [3.63, 3.8) is 0 Å². The number of carbonyl (C=O) groups is 1. The molecule has 4 heteroatoms. The zero-order valence-electron chi connectivity index (χ0n) is 14.2. The van der Waals surface area contributed by atoms with Gasteiger partial charge in [0, 0.05) is 11.4 Å². The van der Waals surface area contributed by atoms with Crippen molar-refractivity contribution in [1.82, 2.24) is 0 Å². The lowest BCUT2D eigenvalue weighted by Gasteiger charge is -2.09. The first-order valence-electron chi connectivity index (χ1n) is 7.67. The maximum absolute atomic E-state index is 12.6. The van der Waals surface area contributed by atoms with E-state index >= 15 is 0 Å². The number of hydrogen-bond acceptors (Lipinski definition) is 3. The molecule has 0 fully saturated rings. The Morgan fingerprint density at radius 2 is 1.75 bits per heavy atom. The smallest absolute Gasteiger partial charge is 0.276 e. The van der Waals surface area contributed by atoms with E-state index < -0.39 is 0 Å². The van der Waals surface area contributed by atoms with Gasteiger partial charge in [-0.1, -0.05) is 48.0 Å². The van der Waals surface area contributed by atoms with Crippen LogP contribution in [-0.4, -0.2) is 18.3 Å². The minimum atomic E-state index is -0.307. The van der Waals surface area contributed by atoms with Crippen molar-refractivity contribution in [1.29, 1.82) is 0 Å². The number of aryl methyl sites for hydroxylation is 1. The van der Waals surface area contributed by atoms with Crippen molar-refractivity contribution in [2.24, 2.45) is 9.98 Å². The number of para-hydroxylation sites is 1. The van der Waals surface area contributed by atoms with Crippen LogP contribution in [0.25, 0.3) is 0 Å². The SMILES string of the molecule is C=N/C(C)=C(\N=C(C)c1cccc(C)c1)C(=O)Nc1ccccc1. The largest absolute Gasteiger partial charge is 0.321 e. The lowest BCUT2D eigenvalue weighted by atomic mass is 10.1. The summed E-state index contributed by atoms with van der Waals surface area (Å²) in [6.07, 6.45) is 0. The van der Waals surface area contributed by atoms with Gasteiger partial charge in [0.25, 0.3) is 5.91 Å². The summed E-state index contributed by atoms with van der Waals surface area (Å²) < 4.78 is 0. The van der Waals surface area contributed by atoms with Gasteiger partial charge in [0.05, 0.1) is 5.70 Å². The maximum Gasteiger partial charge on any atom is 0.276 e. The van der Waals surface area contributed by atoms with Crippen molar-refractivity contribution in [2.75, 3.05) is 5.32 Å². The zero-order chi connectivity index (χ0) is 17.5. The van der Waals surface area contributed by atoms with Crippen LogP contribution in [0.1, 0.15) is 25.0 Å². The predicted octanol–water partition coefficient (Wildman–Crippen LogP) is 4.37. The van der Waals surface area contributed by atoms with E-state index in [1.165, 1.54) is 0 Å². The predicted molar refractivity (Wildman–Crippen MR) is 101 cm³/mol. The lowest BCUT2D eigenvalue weighted by molar-refractivity contribution is -0.112. The molecule has 1 N–H and O–H groups in total. The second-order valence-corrected chi connectivity index (χ2v) is 5.48. The minimum absolute atomic E-state index is 0.257. The van der Waals surface area contributed by atoms with Crippen molar-refractivity contribution in [3.8, 4) is 0 Å². The van der Waals surface area contributed by atoms with Crippen LogP contribution < -0.4 is 5.32 Å². The van der Waals surface area contributed by atoms with Crippen LogP contribution in [0.3, 0.4) is 0 Å². The quantitative estimate of drug-likeness (QED) is 0.645. The second-order valence-electron chi connectivity index (χ2n) is 5.48. The highest BCUT2D eigenvalue weighted by atomic mass is 16.2. The van der Waals surface area contributed by atoms with Crippen LogP contribution in [0.2, 0.25) is 0 Å². The molecule has 0 atom stereocenters. The zero-order valence-corrected chi connectivity index (χ0v) is 14.2. The van der Waals surface area contributed by atoms with Crippen LogP contribution in [0.4, 0.5) is 5.69 Å². The molecule has 0 unspecified atom stereocenters. The van der Waals surface area contributed by atoms with Crippen LogP contribution in [0, 0.1) is 6.92 Å². The van der Waals surface area contributed by atoms with Gasteiger partial charge < -0.3 is 5.32 Å². The molecule has 0 aromatic heterocycles. The van der Waals surface area contributed by atoms with E-state index in [0.717, 1.165) is 16.8 Å².